The number of hydrogen-bond acceptors (Lipinski definition) is 1. The molecule has 1 heterocycles. The van der Waals surface area contributed by atoms with Gasteiger partial charge in [0.15, 0.2) is 0 Å². The number of allylic oxidation sites excluding steroid dienone is 1. The second-order valence-electron chi connectivity index (χ2n) is 5.61. The van der Waals surface area contributed by atoms with Crippen molar-refractivity contribution in [1.29, 1.82) is 0 Å². The van der Waals surface area contributed by atoms with Gasteiger partial charge in [-0.25, -0.2) is 0 Å². The van der Waals surface area contributed by atoms with Crippen LogP contribution >= 0.6 is 0 Å². The molecule has 0 unspecified atom stereocenters. The van der Waals surface area contributed by atoms with E-state index in [1.54, 1.807) is 0 Å². The molecule has 17 heavy (non-hydrogen) atoms. The summed E-state index contributed by atoms with van der Waals surface area (Å²) in [5.74, 6) is 0. The van der Waals surface area contributed by atoms with E-state index in [1.165, 1.54) is 37.1 Å². The van der Waals surface area contributed by atoms with Crippen molar-refractivity contribution in [2.45, 2.75) is 39.2 Å². The van der Waals surface area contributed by atoms with Crippen LogP contribution in [-0.2, 0) is 5.54 Å². The zero-order chi connectivity index (χ0) is 12.5. The standard InChI is InChI=1S/C16H23N/c1-13(2)14-8-7-9-15(12-14)16(3,4)17-10-5-6-11-17/h7-9,12H,1,5-6,10-11H2,2-4H3. The van der Waals surface area contributed by atoms with Crippen molar-refractivity contribution in [3.05, 3.63) is 42.0 Å². The van der Waals surface area contributed by atoms with E-state index in [0.29, 0.717) is 0 Å². The van der Waals surface area contributed by atoms with E-state index in [4.69, 9.17) is 0 Å². The lowest BCUT2D eigenvalue weighted by molar-refractivity contribution is 0.155. The number of benzene rings is 1. The lowest BCUT2D eigenvalue weighted by atomic mass is 9.90. The molecule has 1 nitrogen and oxygen atoms in total. The minimum atomic E-state index is 0.141. The van der Waals surface area contributed by atoms with Crippen molar-refractivity contribution in [3.63, 3.8) is 0 Å². The summed E-state index contributed by atoms with van der Waals surface area (Å²) in [4.78, 5) is 2.59. The molecule has 1 aliphatic heterocycles. The van der Waals surface area contributed by atoms with Gasteiger partial charge in [-0.1, -0.05) is 30.4 Å². The lowest BCUT2D eigenvalue weighted by Gasteiger charge is -2.36. The molecular weight excluding hydrogens is 206 g/mol. The molecule has 0 bridgehead atoms. The van der Waals surface area contributed by atoms with Crippen molar-refractivity contribution in [3.8, 4) is 0 Å². The number of likely N-dealkylation sites (tertiary alicyclic amines) is 1. The molecule has 0 aromatic heterocycles. The van der Waals surface area contributed by atoms with Gasteiger partial charge in [-0.05, 0) is 63.9 Å². The maximum absolute atomic E-state index is 4.03. The molecule has 1 saturated heterocycles. The van der Waals surface area contributed by atoms with E-state index in [2.05, 4.69) is 56.5 Å². The molecule has 1 aromatic carbocycles. The van der Waals surface area contributed by atoms with Gasteiger partial charge in [-0.2, -0.15) is 0 Å². The minimum Gasteiger partial charge on any atom is -0.294 e. The van der Waals surface area contributed by atoms with E-state index in [1.807, 2.05) is 0 Å². The van der Waals surface area contributed by atoms with Gasteiger partial charge in [0.25, 0.3) is 0 Å². The van der Waals surface area contributed by atoms with Crippen molar-refractivity contribution in [2.24, 2.45) is 0 Å². The molecule has 0 amide bonds. The Morgan fingerprint density at radius 1 is 1.24 bits per heavy atom. The quantitative estimate of drug-likeness (QED) is 0.755. The highest BCUT2D eigenvalue weighted by Crippen LogP contribution is 2.32. The summed E-state index contributed by atoms with van der Waals surface area (Å²) in [6.45, 7) is 13.2. The molecule has 0 radical (unpaired) electrons. The van der Waals surface area contributed by atoms with E-state index in [9.17, 15) is 0 Å². The van der Waals surface area contributed by atoms with Gasteiger partial charge in [0.1, 0.15) is 0 Å². The molecule has 2 rings (SSSR count). The van der Waals surface area contributed by atoms with Crippen LogP contribution in [0.25, 0.3) is 5.57 Å². The highest BCUT2D eigenvalue weighted by molar-refractivity contribution is 5.62. The van der Waals surface area contributed by atoms with Gasteiger partial charge in [-0.15, -0.1) is 0 Å². The molecular formula is C16H23N. The maximum atomic E-state index is 4.03. The normalized spacial score (nSPS) is 17.4. The predicted molar refractivity (Wildman–Crippen MR) is 75.0 cm³/mol. The van der Waals surface area contributed by atoms with Crippen molar-refractivity contribution >= 4 is 5.57 Å². The molecule has 0 saturated carbocycles. The Labute approximate surface area is 105 Å². The summed E-state index contributed by atoms with van der Waals surface area (Å²) in [6, 6.07) is 8.83. The average Bonchev–Trinajstić information content (AvgIpc) is 2.83. The Morgan fingerprint density at radius 3 is 2.47 bits per heavy atom. The van der Waals surface area contributed by atoms with Crippen LogP contribution in [0.5, 0.6) is 0 Å². The number of rotatable bonds is 3. The Kier molecular flexibility index (Phi) is 3.39. The molecule has 1 aromatic rings. The fourth-order valence-corrected chi connectivity index (χ4v) is 2.62. The Morgan fingerprint density at radius 2 is 1.88 bits per heavy atom. The van der Waals surface area contributed by atoms with Crippen LogP contribution in [0.4, 0.5) is 0 Å². The fourth-order valence-electron chi connectivity index (χ4n) is 2.62. The van der Waals surface area contributed by atoms with Gasteiger partial charge in [0.05, 0.1) is 0 Å². The van der Waals surface area contributed by atoms with Crippen LogP contribution in [-0.4, -0.2) is 18.0 Å². The van der Waals surface area contributed by atoms with Gasteiger partial charge >= 0.3 is 0 Å². The maximum Gasteiger partial charge on any atom is 0.0404 e. The zero-order valence-corrected chi connectivity index (χ0v) is 11.3. The molecule has 1 aliphatic rings. The van der Waals surface area contributed by atoms with Crippen LogP contribution in [0.3, 0.4) is 0 Å². The summed E-state index contributed by atoms with van der Waals surface area (Å²) in [7, 11) is 0. The first-order valence-corrected chi connectivity index (χ1v) is 6.53. The zero-order valence-electron chi connectivity index (χ0n) is 11.3. The molecule has 0 aliphatic carbocycles. The van der Waals surface area contributed by atoms with Gasteiger partial charge in [-0.3, -0.25) is 4.90 Å². The van der Waals surface area contributed by atoms with Crippen LogP contribution in [0.2, 0.25) is 0 Å². The van der Waals surface area contributed by atoms with Gasteiger partial charge in [0, 0.05) is 5.54 Å². The summed E-state index contributed by atoms with van der Waals surface area (Å²) in [6.07, 6.45) is 2.67. The number of hydrogen-bond donors (Lipinski definition) is 0. The molecule has 1 heteroatoms. The smallest absolute Gasteiger partial charge is 0.0404 e. The number of nitrogens with zero attached hydrogens (tertiary/aromatic N) is 1. The third-order valence-electron chi connectivity index (χ3n) is 3.96. The second-order valence-corrected chi connectivity index (χ2v) is 5.61. The largest absolute Gasteiger partial charge is 0.294 e. The van der Waals surface area contributed by atoms with E-state index < -0.39 is 0 Å². The third kappa shape index (κ3) is 2.44. The highest BCUT2D eigenvalue weighted by Gasteiger charge is 2.30. The first-order valence-electron chi connectivity index (χ1n) is 6.53. The Hall–Kier alpha value is -1.08. The molecule has 0 N–H and O–H groups in total. The Balaban J connectivity index is 2.31. The third-order valence-corrected chi connectivity index (χ3v) is 3.96. The molecule has 0 atom stereocenters. The highest BCUT2D eigenvalue weighted by atomic mass is 15.2. The minimum absolute atomic E-state index is 0.141. The van der Waals surface area contributed by atoms with E-state index in [-0.39, 0.29) is 5.54 Å². The average molecular weight is 229 g/mol. The van der Waals surface area contributed by atoms with Crippen molar-refractivity contribution in [2.75, 3.05) is 13.1 Å². The van der Waals surface area contributed by atoms with Gasteiger partial charge in [0.2, 0.25) is 0 Å². The van der Waals surface area contributed by atoms with Crippen LogP contribution in [0.15, 0.2) is 30.8 Å². The second kappa shape index (κ2) is 4.66. The molecule has 92 valence electrons. The Bertz CT molecular complexity index is 411. The fraction of sp³-hybridized carbons (Fsp3) is 0.500. The van der Waals surface area contributed by atoms with Crippen molar-refractivity contribution < 1.29 is 0 Å². The van der Waals surface area contributed by atoms with E-state index in [0.717, 1.165) is 5.57 Å². The molecule has 1 fully saturated rings. The lowest BCUT2D eigenvalue weighted by Crippen LogP contribution is -2.39. The summed E-state index contributed by atoms with van der Waals surface area (Å²) < 4.78 is 0. The predicted octanol–water partition coefficient (Wildman–Crippen LogP) is 4.05. The topological polar surface area (TPSA) is 3.24 Å². The summed E-state index contributed by atoms with van der Waals surface area (Å²) >= 11 is 0. The van der Waals surface area contributed by atoms with E-state index >= 15 is 0 Å². The van der Waals surface area contributed by atoms with Crippen LogP contribution < -0.4 is 0 Å². The summed E-state index contributed by atoms with van der Waals surface area (Å²) in [5, 5.41) is 0. The van der Waals surface area contributed by atoms with Crippen molar-refractivity contribution in [1.82, 2.24) is 4.90 Å². The monoisotopic (exact) mass is 229 g/mol. The van der Waals surface area contributed by atoms with Crippen LogP contribution in [0.1, 0.15) is 44.7 Å². The van der Waals surface area contributed by atoms with Gasteiger partial charge < -0.3 is 0 Å². The first-order chi connectivity index (χ1) is 8.01. The molecule has 0 spiro atoms. The SMILES string of the molecule is C=C(C)c1cccc(C(C)(C)N2CCCC2)c1. The summed E-state index contributed by atoms with van der Waals surface area (Å²) in [5.41, 5.74) is 3.95. The van der Waals surface area contributed by atoms with Crippen LogP contribution in [0, 0.1) is 0 Å². The first kappa shape index (κ1) is 12.4.